The van der Waals surface area contributed by atoms with Crippen LogP contribution in [0.4, 0.5) is 5.69 Å². The van der Waals surface area contributed by atoms with Crippen molar-refractivity contribution in [3.63, 3.8) is 0 Å². The summed E-state index contributed by atoms with van der Waals surface area (Å²) in [4.78, 5) is 26.6. The van der Waals surface area contributed by atoms with E-state index in [1.165, 1.54) is 5.56 Å². The fourth-order valence-electron chi connectivity index (χ4n) is 3.49. The molecule has 1 saturated carbocycles. The Balaban J connectivity index is 1.23. The van der Waals surface area contributed by atoms with Crippen LogP contribution < -0.4 is 10.6 Å². The summed E-state index contributed by atoms with van der Waals surface area (Å²) in [5.41, 5.74) is 2.59. The molecule has 29 heavy (non-hydrogen) atoms. The average molecular weight is 393 g/mol. The topological polar surface area (TPSA) is 70.7 Å². The van der Waals surface area contributed by atoms with Crippen molar-refractivity contribution >= 4 is 17.5 Å². The molecule has 1 atom stereocenters. The SMILES string of the molecule is O=C(NCC1CN(Cc2ccccc2)CCO1)c1ccc(NC(=O)C2CC2)cc1. The Kier molecular flexibility index (Phi) is 6.22. The molecule has 2 aliphatic rings. The number of ether oxygens (including phenoxy) is 1. The summed E-state index contributed by atoms with van der Waals surface area (Å²) < 4.78 is 5.82. The van der Waals surface area contributed by atoms with Gasteiger partial charge in [-0.3, -0.25) is 14.5 Å². The molecule has 0 radical (unpaired) electrons. The van der Waals surface area contributed by atoms with Crippen molar-refractivity contribution in [3.8, 4) is 0 Å². The summed E-state index contributed by atoms with van der Waals surface area (Å²) in [5.74, 6) is 0.0977. The van der Waals surface area contributed by atoms with Crippen LogP contribution in [0.15, 0.2) is 54.6 Å². The molecule has 2 fully saturated rings. The van der Waals surface area contributed by atoms with Gasteiger partial charge in [0.1, 0.15) is 0 Å². The van der Waals surface area contributed by atoms with Gasteiger partial charge >= 0.3 is 0 Å². The van der Waals surface area contributed by atoms with Crippen LogP contribution in [0, 0.1) is 5.92 Å². The highest BCUT2D eigenvalue weighted by molar-refractivity contribution is 5.96. The maximum atomic E-state index is 12.4. The van der Waals surface area contributed by atoms with Gasteiger partial charge in [-0.1, -0.05) is 30.3 Å². The molecule has 1 aliphatic heterocycles. The van der Waals surface area contributed by atoms with Crippen molar-refractivity contribution < 1.29 is 14.3 Å². The third-order valence-corrected chi connectivity index (χ3v) is 5.32. The summed E-state index contributed by atoms with van der Waals surface area (Å²) in [7, 11) is 0. The standard InChI is InChI=1S/C23H27N3O3/c27-22(18-8-10-20(11-9-18)25-23(28)19-6-7-19)24-14-21-16-26(12-13-29-21)15-17-4-2-1-3-5-17/h1-5,8-11,19,21H,6-7,12-16H2,(H,24,27)(H,25,28). The van der Waals surface area contributed by atoms with Crippen molar-refractivity contribution in [1.29, 1.82) is 0 Å². The average Bonchev–Trinajstić information content (AvgIpc) is 3.59. The maximum absolute atomic E-state index is 12.4. The predicted molar refractivity (Wildman–Crippen MR) is 112 cm³/mol. The quantitative estimate of drug-likeness (QED) is 0.759. The van der Waals surface area contributed by atoms with E-state index < -0.39 is 0 Å². The molecule has 1 aliphatic carbocycles. The maximum Gasteiger partial charge on any atom is 0.251 e. The highest BCUT2D eigenvalue weighted by Gasteiger charge is 2.29. The highest BCUT2D eigenvalue weighted by atomic mass is 16.5. The molecule has 1 heterocycles. The molecule has 6 nitrogen and oxygen atoms in total. The number of benzene rings is 2. The predicted octanol–water partition coefficient (Wildman–Crippen LogP) is 2.67. The fourth-order valence-corrected chi connectivity index (χ4v) is 3.49. The first-order valence-electron chi connectivity index (χ1n) is 10.2. The Morgan fingerprint density at radius 3 is 2.52 bits per heavy atom. The molecule has 2 N–H and O–H groups in total. The van der Waals surface area contributed by atoms with Crippen molar-refractivity contribution in [1.82, 2.24) is 10.2 Å². The lowest BCUT2D eigenvalue weighted by Crippen LogP contribution is -2.47. The van der Waals surface area contributed by atoms with E-state index in [2.05, 4.69) is 39.8 Å². The number of morpholine rings is 1. The van der Waals surface area contributed by atoms with E-state index in [-0.39, 0.29) is 23.8 Å². The van der Waals surface area contributed by atoms with Gasteiger partial charge in [0.15, 0.2) is 0 Å². The minimum absolute atomic E-state index is 0.0199. The summed E-state index contributed by atoms with van der Waals surface area (Å²) in [6.07, 6.45) is 1.92. The molecule has 1 saturated heterocycles. The number of carbonyl (C=O) groups is 2. The van der Waals surface area contributed by atoms with E-state index >= 15 is 0 Å². The Bertz CT molecular complexity index is 834. The number of rotatable bonds is 7. The molecule has 2 aromatic rings. The molecule has 0 spiro atoms. The summed E-state index contributed by atoms with van der Waals surface area (Å²) in [6, 6.07) is 17.4. The zero-order valence-electron chi connectivity index (χ0n) is 16.5. The Morgan fingerprint density at radius 1 is 1.03 bits per heavy atom. The van der Waals surface area contributed by atoms with E-state index in [9.17, 15) is 9.59 Å². The lowest BCUT2D eigenvalue weighted by molar-refractivity contribution is -0.117. The fraction of sp³-hybridized carbons (Fsp3) is 0.391. The number of hydrogen-bond acceptors (Lipinski definition) is 4. The first-order chi connectivity index (χ1) is 14.2. The molecule has 152 valence electrons. The van der Waals surface area contributed by atoms with Crippen molar-refractivity contribution in [2.75, 3.05) is 31.6 Å². The van der Waals surface area contributed by atoms with Gasteiger partial charge in [0.05, 0.1) is 12.7 Å². The summed E-state index contributed by atoms with van der Waals surface area (Å²) in [6.45, 7) is 3.73. The first-order valence-corrected chi connectivity index (χ1v) is 10.2. The van der Waals surface area contributed by atoms with Crippen molar-refractivity contribution in [3.05, 3.63) is 65.7 Å². The summed E-state index contributed by atoms with van der Waals surface area (Å²) >= 11 is 0. The van der Waals surface area contributed by atoms with Crippen LogP contribution in [0.1, 0.15) is 28.8 Å². The van der Waals surface area contributed by atoms with E-state index in [1.54, 1.807) is 24.3 Å². The Morgan fingerprint density at radius 2 is 1.79 bits per heavy atom. The molecular weight excluding hydrogens is 366 g/mol. The van der Waals surface area contributed by atoms with Crippen LogP contribution in [0.5, 0.6) is 0 Å². The molecule has 1 unspecified atom stereocenters. The van der Waals surface area contributed by atoms with Crippen LogP contribution in [-0.2, 0) is 16.1 Å². The molecule has 0 aromatic heterocycles. The number of anilines is 1. The number of carbonyl (C=O) groups excluding carboxylic acids is 2. The monoisotopic (exact) mass is 393 g/mol. The lowest BCUT2D eigenvalue weighted by atomic mass is 10.1. The van der Waals surface area contributed by atoms with Crippen molar-refractivity contribution in [2.24, 2.45) is 5.92 Å². The van der Waals surface area contributed by atoms with Gasteiger partial charge in [-0.25, -0.2) is 0 Å². The molecule has 2 aromatic carbocycles. The van der Waals surface area contributed by atoms with Crippen LogP contribution >= 0.6 is 0 Å². The Labute approximate surface area is 171 Å². The van der Waals surface area contributed by atoms with E-state index in [0.29, 0.717) is 18.7 Å². The second-order valence-corrected chi connectivity index (χ2v) is 7.76. The van der Waals surface area contributed by atoms with Crippen molar-refractivity contribution in [2.45, 2.75) is 25.5 Å². The normalized spacial score (nSPS) is 19.5. The molecule has 4 rings (SSSR count). The molecule has 2 amide bonds. The third kappa shape index (κ3) is 5.65. The first kappa shape index (κ1) is 19.6. The molecular formula is C23H27N3O3. The second kappa shape index (κ2) is 9.20. The van der Waals surface area contributed by atoms with Gasteiger partial charge in [0.25, 0.3) is 5.91 Å². The highest BCUT2D eigenvalue weighted by Crippen LogP contribution is 2.30. The van der Waals surface area contributed by atoms with Gasteiger partial charge in [-0.15, -0.1) is 0 Å². The number of hydrogen-bond donors (Lipinski definition) is 2. The van der Waals surface area contributed by atoms with Gasteiger partial charge in [-0.2, -0.15) is 0 Å². The van der Waals surface area contributed by atoms with Gasteiger partial charge in [-0.05, 0) is 42.7 Å². The van der Waals surface area contributed by atoms with Crippen LogP contribution in [0.3, 0.4) is 0 Å². The van der Waals surface area contributed by atoms with Crippen LogP contribution in [0.25, 0.3) is 0 Å². The number of nitrogens with zero attached hydrogens (tertiary/aromatic N) is 1. The van der Waals surface area contributed by atoms with Crippen LogP contribution in [-0.4, -0.2) is 49.1 Å². The molecule has 0 bridgehead atoms. The van der Waals surface area contributed by atoms with E-state index in [0.717, 1.165) is 38.2 Å². The number of amides is 2. The van der Waals surface area contributed by atoms with Gasteiger partial charge in [0, 0.05) is 43.3 Å². The third-order valence-electron chi connectivity index (χ3n) is 5.32. The van der Waals surface area contributed by atoms with E-state index in [1.807, 2.05) is 6.07 Å². The lowest BCUT2D eigenvalue weighted by Gasteiger charge is -2.33. The largest absolute Gasteiger partial charge is 0.374 e. The Hall–Kier alpha value is -2.70. The van der Waals surface area contributed by atoms with Crippen LogP contribution in [0.2, 0.25) is 0 Å². The second-order valence-electron chi connectivity index (χ2n) is 7.76. The summed E-state index contributed by atoms with van der Waals surface area (Å²) in [5, 5.41) is 5.85. The molecule has 6 heteroatoms. The smallest absolute Gasteiger partial charge is 0.251 e. The van der Waals surface area contributed by atoms with E-state index in [4.69, 9.17) is 4.74 Å². The van der Waals surface area contributed by atoms with Gasteiger partial charge < -0.3 is 15.4 Å². The number of nitrogens with one attached hydrogen (secondary N) is 2. The zero-order chi connectivity index (χ0) is 20.1. The minimum atomic E-state index is -0.131. The van der Waals surface area contributed by atoms with Gasteiger partial charge in [0.2, 0.25) is 5.91 Å². The zero-order valence-corrected chi connectivity index (χ0v) is 16.5. The minimum Gasteiger partial charge on any atom is -0.374 e.